The molecule has 0 aliphatic rings. The van der Waals surface area contributed by atoms with Crippen molar-refractivity contribution in [2.75, 3.05) is 6.26 Å². The number of rotatable bonds is 1. The first-order valence-electron chi connectivity index (χ1n) is 4.03. The number of aromatic nitrogens is 1. The Morgan fingerprint density at radius 2 is 2.07 bits per heavy atom. The van der Waals surface area contributed by atoms with Gasteiger partial charge in [0.05, 0.1) is 5.56 Å². The zero-order valence-corrected chi connectivity index (χ0v) is 9.09. The predicted octanol–water partition coefficient (Wildman–Crippen LogP) is 0.728. The molecule has 0 saturated carbocycles. The van der Waals surface area contributed by atoms with E-state index in [2.05, 4.69) is 16.8 Å². The highest BCUT2D eigenvalue weighted by Crippen LogP contribution is 2.12. The zero-order chi connectivity index (χ0) is 11.5. The lowest BCUT2D eigenvalue weighted by Crippen LogP contribution is -2.05. The second-order valence-corrected chi connectivity index (χ2v) is 4.74. The molecule has 1 rings (SSSR count). The van der Waals surface area contributed by atoms with E-state index < -0.39 is 9.84 Å². The summed E-state index contributed by atoms with van der Waals surface area (Å²) in [5, 5.41) is 8.49. The molecule has 0 radical (unpaired) electrons. The molecule has 4 nitrogen and oxygen atoms in total. The Labute approximate surface area is 88.5 Å². The Morgan fingerprint density at radius 3 is 2.53 bits per heavy atom. The van der Waals surface area contributed by atoms with Gasteiger partial charge >= 0.3 is 0 Å². The monoisotopic (exact) mass is 220 g/mol. The van der Waals surface area contributed by atoms with Gasteiger partial charge in [-0.1, -0.05) is 5.92 Å². The highest BCUT2D eigenvalue weighted by molar-refractivity contribution is 7.90. The largest absolute Gasteiger partial charge is 0.226 e. The van der Waals surface area contributed by atoms with E-state index in [1.807, 2.05) is 0 Å². The molecule has 0 fully saturated rings. The summed E-state index contributed by atoms with van der Waals surface area (Å²) >= 11 is 0. The van der Waals surface area contributed by atoms with Crippen LogP contribution in [0.15, 0.2) is 17.2 Å². The summed E-state index contributed by atoms with van der Waals surface area (Å²) in [6.07, 6.45) is 1.01. The minimum Gasteiger partial charge on any atom is -0.226 e. The van der Waals surface area contributed by atoms with Gasteiger partial charge in [-0.05, 0) is 25.0 Å². The fourth-order valence-corrected chi connectivity index (χ4v) is 1.78. The maximum atomic E-state index is 11.3. The zero-order valence-electron chi connectivity index (χ0n) is 8.27. The molecule has 0 aliphatic carbocycles. The summed E-state index contributed by atoms with van der Waals surface area (Å²) in [5.74, 6) is 5.25. The molecule has 15 heavy (non-hydrogen) atoms. The van der Waals surface area contributed by atoms with Crippen molar-refractivity contribution in [1.29, 1.82) is 5.26 Å². The van der Waals surface area contributed by atoms with Crippen LogP contribution in [0.5, 0.6) is 0 Å². The van der Waals surface area contributed by atoms with Crippen LogP contribution in [0, 0.1) is 23.2 Å². The summed E-state index contributed by atoms with van der Waals surface area (Å²) < 4.78 is 22.6. The second kappa shape index (κ2) is 4.12. The van der Waals surface area contributed by atoms with Crippen LogP contribution in [0.1, 0.15) is 18.2 Å². The van der Waals surface area contributed by atoms with Gasteiger partial charge in [-0.25, -0.2) is 13.4 Å². The molecule has 0 amide bonds. The van der Waals surface area contributed by atoms with Gasteiger partial charge in [-0.15, -0.1) is 0 Å². The molecule has 0 atom stereocenters. The van der Waals surface area contributed by atoms with Crippen LogP contribution in [-0.2, 0) is 9.84 Å². The van der Waals surface area contributed by atoms with E-state index in [0.717, 1.165) is 6.26 Å². The summed E-state index contributed by atoms with van der Waals surface area (Å²) in [6.45, 7) is 1.63. The van der Waals surface area contributed by atoms with Crippen LogP contribution in [0.25, 0.3) is 0 Å². The molecule has 1 aromatic heterocycles. The van der Waals surface area contributed by atoms with Crippen LogP contribution in [0.4, 0.5) is 0 Å². The number of hydrogen-bond donors (Lipinski definition) is 0. The molecular weight excluding hydrogens is 212 g/mol. The number of nitrogens with zero attached hydrogens (tertiary/aromatic N) is 2. The van der Waals surface area contributed by atoms with Gasteiger partial charge in [0.2, 0.25) is 0 Å². The molecule has 1 heterocycles. The van der Waals surface area contributed by atoms with Crippen molar-refractivity contribution in [3.05, 3.63) is 23.4 Å². The van der Waals surface area contributed by atoms with Crippen LogP contribution < -0.4 is 0 Å². The molecule has 0 bridgehead atoms. The lowest BCUT2D eigenvalue weighted by molar-refractivity contribution is 0.597. The Bertz CT molecular complexity index is 586. The average molecular weight is 220 g/mol. The van der Waals surface area contributed by atoms with E-state index in [1.165, 1.54) is 12.1 Å². The van der Waals surface area contributed by atoms with Gasteiger partial charge in [-0.3, -0.25) is 0 Å². The summed E-state index contributed by atoms with van der Waals surface area (Å²) in [4.78, 5) is 3.82. The summed E-state index contributed by atoms with van der Waals surface area (Å²) in [5.41, 5.74) is 0.385. The summed E-state index contributed by atoms with van der Waals surface area (Å²) in [7, 11) is -3.49. The quantitative estimate of drug-likeness (QED) is 0.654. The maximum absolute atomic E-state index is 11.3. The molecule has 5 heteroatoms. The third-order valence-electron chi connectivity index (χ3n) is 1.59. The molecule has 0 aliphatic heterocycles. The third kappa shape index (κ3) is 2.55. The van der Waals surface area contributed by atoms with E-state index in [4.69, 9.17) is 5.26 Å². The van der Waals surface area contributed by atoms with Gasteiger partial charge in [0.15, 0.2) is 14.9 Å². The van der Waals surface area contributed by atoms with Gasteiger partial charge in [-0.2, -0.15) is 5.26 Å². The van der Waals surface area contributed by atoms with E-state index in [-0.39, 0.29) is 10.6 Å². The molecule has 0 aromatic carbocycles. The van der Waals surface area contributed by atoms with Crippen molar-refractivity contribution in [2.45, 2.75) is 11.9 Å². The molecule has 76 valence electrons. The smallest absolute Gasteiger partial charge is 0.194 e. The van der Waals surface area contributed by atoms with Crippen molar-refractivity contribution < 1.29 is 8.42 Å². The number of sulfone groups is 1. The molecule has 0 spiro atoms. The van der Waals surface area contributed by atoms with Crippen LogP contribution in [0.3, 0.4) is 0 Å². The normalized spacial score (nSPS) is 9.93. The number of pyridine rings is 1. The molecule has 0 saturated heterocycles. The summed E-state index contributed by atoms with van der Waals surface area (Å²) in [6, 6.07) is 4.70. The average Bonchev–Trinajstić information content (AvgIpc) is 2.17. The first-order valence-corrected chi connectivity index (χ1v) is 5.92. The van der Waals surface area contributed by atoms with Crippen molar-refractivity contribution in [3.63, 3.8) is 0 Å². The van der Waals surface area contributed by atoms with Gasteiger partial charge in [0.25, 0.3) is 0 Å². The predicted molar refractivity (Wildman–Crippen MR) is 54.6 cm³/mol. The van der Waals surface area contributed by atoms with Gasteiger partial charge in [0, 0.05) is 6.26 Å². The first kappa shape index (κ1) is 11.2. The van der Waals surface area contributed by atoms with E-state index in [1.54, 1.807) is 13.0 Å². The Hall–Kier alpha value is -1.85. The van der Waals surface area contributed by atoms with Crippen LogP contribution in [0.2, 0.25) is 0 Å². The first-order chi connectivity index (χ1) is 6.99. The lowest BCUT2D eigenvalue weighted by atomic mass is 10.3. The van der Waals surface area contributed by atoms with Crippen LogP contribution in [-0.4, -0.2) is 19.7 Å². The van der Waals surface area contributed by atoms with E-state index >= 15 is 0 Å². The molecule has 0 N–H and O–H groups in total. The van der Waals surface area contributed by atoms with E-state index in [0.29, 0.717) is 5.69 Å². The fourth-order valence-electron chi connectivity index (χ4n) is 1.01. The second-order valence-electron chi connectivity index (χ2n) is 2.81. The van der Waals surface area contributed by atoms with E-state index in [9.17, 15) is 8.42 Å². The standard InChI is InChI=1S/C10H8N2O2S/c1-3-4-9-6-5-8(7-11)10(12-9)15(2,13)14/h5-6H,1-2H3. The topological polar surface area (TPSA) is 70.8 Å². The highest BCUT2D eigenvalue weighted by Gasteiger charge is 2.15. The molecule has 0 unspecified atom stereocenters. The fraction of sp³-hybridized carbons (Fsp3) is 0.200. The van der Waals surface area contributed by atoms with Crippen LogP contribution >= 0.6 is 0 Å². The maximum Gasteiger partial charge on any atom is 0.194 e. The third-order valence-corrected chi connectivity index (χ3v) is 2.60. The Balaban J connectivity index is 3.52. The minimum absolute atomic E-state index is 0.0409. The van der Waals surface area contributed by atoms with Crippen molar-refractivity contribution in [2.24, 2.45) is 0 Å². The SMILES string of the molecule is CC#Cc1ccc(C#N)c(S(C)(=O)=O)n1. The number of nitriles is 1. The highest BCUT2D eigenvalue weighted by atomic mass is 32.2. The molecular formula is C10H8N2O2S. The van der Waals surface area contributed by atoms with Crippen molar-refractivity contribution in [3.8, 4) is 17.9 Å². The van der Waals surface area contributed by atoms with Crippen molar-refractivity contribution >= 4 is 9.84 Å². The Morgan fingerprint density at radius 1 is 1.40 bits per heavy atom. The van der Waals surface area contributed by atoms with Crippen molar-refractivity contribution in [1.82, 2.24) is 4.98 Å². The Kier molecular flexibility index (Phi) is 3.08. The minimum atomic E-state index is -3.49. The van der Waals surface area contributed by atoms with Gasteiger partial charge in [0.1, 0.15) is 11.8 Å². The number of hydrogen-bond acceptors (Lipinski definition) is 4. The lowest BCUT2D eigenvalue weighted by Gasteiger charge is -2.00. The van der Waals surface area contributed by atoms with Gasteiger partial charge < -0.3 is 0 Å². The molecule has 1 aromatic rings.